The van der Waals surface area contributed by atoms with Crippen molar-refractivity contribution < 1.29 is 19.4 Å². The Kier molecular flexibility index (Phi) is 3.91. The number of ether oxygens (including phenoxy) is 1. The summed E-state index contributed by atoms with van der Waals surface area (Å²) < 4.78 is 4.78. The van der Waals surface area contributed by atoms with Crippen LogP contribution in [-0.2, 0) is 16.0 Å². The van der Waals surface area contributed by atoms with E-state index in [0.717, 1.165) is 5.56 Å². The average molecular weight is 211 g/mol. The summed E-state index contributed by atoms with van der Waals surface area (Å²) in [6.45, 7) is 2.05. The highest BCUT2D eigenvalue weighted by Gasteiger charge is 2.09. The van der Waals surface area contributed by atoms with Gasteiger partial charge in [0.05, 0.1) is 6.61 Å². The van der Waals surface area contributed by atoms with Crippen LogP contribution in [0, 0.1) is 0 Å². The van der Waals surface area contributed by atoms with E-state index in [1.165, 1.54) is 0 Å². The number of carbonyl (C=O) groups excluding carboxylic acids is 1. The van der Waals surface area contributed by atoms with Gasteiger partial charge in [-0.15, -0.1) is 0 Å². The lowest BCUT2D eigenvalue weighted by Gasteiger charge is -1.96. The van der Waals surface area contributed by atoms with Crippen LogP contribution in [0.1, 0.15) is 29.4 Å². The lowest BCUT2D eigenvalue weighted by molar-refractivity contribution is -0.136. The first kappa shape index (κ1) is 11.3. The van der Waals surface area contributed by atoms with Crippen molar-refractivity contribution >= 4 is 11.9 Å². The molecule has 0 saturated carbocycles. The third kappa shape index (κ3) is 3.46. The molecule has 0 radical (unpaired) electrons. The second-order valence-electron chi connectivity index (χ2n) is 3.04. The number of aromatic amines is 1. The van der Waals surface area contributed by atoms with Crippen molar-refractivity contribution in [3.8, 4) is 0 Å². The molecule has 0 spiro atoms. The van der Waals surface area contributed by atoms with Gasteiger partial charge < -0.3 is 14.8 Å². The number of esters is 1. The van der Waals surface area contributed by atoms with E-state index < -0.39 is 11.9 Å². The quantitative estimate of drug-likeness (QED) is 0.717. The van der Waals surface area contributed by atoms with Crippen molar-refractivity contribution in [3.05, 3.63) is 23.5 Å². The molecule has 0 aromatic carbocycles. The summed E-state index contributed by atoms with van der Waals surface area (Å²) in [5, 5.41) is 8.47. The number of carboxylic acid groups (broad SMARTS) is 1. The zero-order valence-electron chi connectivity index (χ0n) is 8.45. The Morgan fingerprint density at radius 3 is 2.87 bits per heavy atom. The molecule has 0 fully saturated rings. The second-order valence-corrected chi connectivity index (χ2v) is 3.04. The van der Waals surface area contributed by atoms with E-state index in [1.807, 2.05) is 0 Å². The molecule has 0 unspecified atom stereocenters. The minimum atomic E-state index is -0.853. The number of carbonyl (C=O) groups is 2. The molecule has 82 valence electrons. The SMILES string of the molecule is CCOC(=O)c1cc(CCC(=O)O)c[nH]1. The van der Waals surface area contributed by atoms with Crippen molar-refractivity contribution in [2.24, 2.45) is 0 Å². The van der Waals surface area contributed by atoms with Gasteiger partial charge in [-0.25, -0.2) is 4.79 Å². The molecule has 15 heavy (non-hydrogen) atoms. The van der Waals surface area contributed by atoms with Crippen LogP contribution in [-0.4, -0.2) is 28.6 Å². The van der Waals surface area contributed by atoms with Gasteiger partial charge >= 0.3 is 11.9 Å². The number of aliphatic carboxylic acids is 1. The molecule has 0 amide bonds. The highest BCUT2D eigenvalue weighted by atomic mass is 16.5. The number of H-pyrrole nitrogens is 1. The smallest absolute Gasteiger partial charge is 0.354 e. The number of hydrogen-bond acceptors (Lipinski definition) is 3. The summed E-state index contributed by atoms with van der Waals surface area (Å²) in [5.41, 5.74) is 1.15. The van der Waals surface area contributed by atoms with E-state index in [-0.39, 0.29) is 6.42 Å². The maximum atomic E-state index is 11.2. The van der Waals surface area contributed by atoms with Crippen LogP contribution in [0.2, 0.25) is 0 Å². The van der Waals surface area contributed by atoms with Gasteiger partial charge in [-0.2, -0.15) is 0 Å². The summed E-state index contributed by atoms with van der Waals surface area (Å²) in [4.78, 5) is 24.3. The number of rotatable bonds is 5. The summed E-state index contributed by atoms with van der Waals surface area (Å²) in [6.07, 6.45) is 2.08. The molecule has 0 aliphatic carbocycles. The molecular weight excluding hydrogens is 198 g/mol. The summed E-state index contributed by atoms with van der Waals surface area (Å²) in [6, 6.07) is 1.61. The Bertz CT molecular complexity index is 356. The van der Waals surface area contributed by atoms with Gasteiger partial charge in [0, 0.05) is 12.6 Å². The van der Waals surface area contributed by atoms with Crippen LogP contribution in [0.3, 0.4) is 0 Å². The third-order valence-corrected chi connectivity index (χ3v) is 1.87. The molecule has 5 nitrogen and oxygen atoms in total. The molecule has 5 heteroatoms. The lowest BCUT2D eigenvalue weighted by Crippen LogP contribution is -2.04. The molecule has 0 saturated heterocycles. The zero-order chi connectivity index (χ0) is 11.3. The fourth-order valence-corrected chi connectivity index (χ4v) is 1.16. The van der Waals surface area contributed by atoms with Gasteiger partial charge in [0.2, 0.25) is 0 Å². The molecule has 1 rings (SSSR count). The molecule has 0 aliphatic heterocycles. The average Bonchev–Trinajstić information content (AvgIpc) is 2.63. The van der Waals surface area contributed by atoms with Crippen LogP contribution in [0.4, 0.5) is 0 Å². The topological polar surface area (TPSA) is 79.4 Å². The predicted octanol–water partition coefficient (Wildman–Crippen LogP) is 1.21. The largest absolute Gasteiger partial charge is 0.481 e. The monoisotopic (exact) mass is 211 g/mol. The summed E-state index contributed by atoms with van der Waals surface area (Å²) in [5.74, 6) is -1.27. The van der Waals surface area contributed by atoms with Gasteiger partial charge in [-0.3, -0.25) is 4.79 Å². The van der Waals surface area contributed by atoms with Gasteiger partial charge in [-0.1, -0.05) is 0 Å². The highest BCUT2D eigenvalue weighted by Crippen LogP contribution is 2.07. The Labute approximate surface area is 87.1 Å². The Balaban J connectivity index is 2.56. The van der Waals surface area contributed by atoms with Crippen LogP contribution in [0.25, 0.3) is 0 Å². The zero-order valence-corrected chi connectivity index (χ0v) is 8.45. The van der Waals surface area contributed by atoms with Crippen molar-refractivity contribution in [2.45, 2.75) is 19.8 Å². The standard InChI is InChI=1S/C10H13NO4/c1-2-15-10(14)8-5-7(6-11-8)3-4-9(12)13/h5-6,11H,2-4H2,1H3,(H,12,13). The molecule has 0 atom stereocenters. The minimum Gasteiger partial charge on any atom is -0.481 e. The van der Waals surface area contributed by atoms with Crippen molar-refractivity contribution in [1.82, 2.24) is 4.98 Å². The van der Waals surface area contributed by atoms with Crippen molar-refractivity contribution in [1.29, 1.82) is 0 Å². The second kappa shape index (κ2) is 5.19. The van der Waals surface area contributed by atoms with E-state index >= 15 is 0 Å². The van der Waals surface area contributed by atoms with Gasteiger partial charge in [-0.05, 0) is 25.0 Å². The molecule has 1 heterocycles. The minimum absolute atomic E-state index is 0.0557. The number of carboxylic acids is 1. The molecule has 2 N–H and O–H groups in total. The van der Waals surface area contributed by atoms with Gasteiger partial charge in [0.15, 0.2) is 0 Å². The van der Waals surface area contributed by atoms with Crippen LogP contribution < -0.4 is 0 Å². The van der Waals surface area contributed by atoms with Gasteiger partial charge in [0.1, 0.15) is 5.69 Å². The Morgan fingerprint density at radius 1 is 1.53 bits per heavy atom. The Hall–Kier alpha value is -1.78. The predicted molar refractivity (Wildman–Crippen MR) is 52.7 cm³/mol. The molecule has 0 aliphatic rings. The number of hydrogen-bond donors (Lipinski definition) is 2. The molecular formula is C10H13NO4. The van der Waals surface area contributed by atoms with Gasteiger partial charge in [0.25, 0.3) is 0 Å². The van der Waals surface area contributed by atoms with E-state index in [2.05, 4.69) is 4.98 Å². The molecule has 1 aromatic heterocycles. The van der Waals surface area contributed by atoms with E-state index in [0.29, 0.717) is 18.7 Å². The highest BCUT2D eigenvalue weighted by molar-refractivity contribution is 5.87. The third-order valence-electron chi connectivity index (χ3n) is 1.87. The first-order valence-electron chi connectivity index (χ1n) is 4.69. The fraction of sp³-hybridized carbons (Fsp3) is 0.400. The van der Waals surface area contributed by atoms with Crippen LogP contribution in [0.5, 0.6) is 0 Å². The maximum Gasteiger partial charge on any atom is 0.354 e. The molecule has 1 aromatic rings. The van der Waals surface area contributed by atoms with E-state index in [9.17, 15) is 9.59 Å². The molecule has 0 bridgehead atoms. The number of aryl methyl sites for hydroxylation is 1. The van der Waals surface area contributed by atoms with Crippen LogP contribution in [0.15, 0.2) is 12.3 Å². The Morgan fingerprint density at radius 2 is 2.27 bits per heavy atom. The van der Waals surface area contributed by atoms with Crippen molar-refractivity contribution in [3.63, 3.8) is 0 Å². The summed E-state index contributed by atoms with van der Waals surface area (Å²) >= 11 is 0. The first-order valence-corrected chi connectivity index (χ1v) is 4.69. The maximum absolute atomic E-state index is 11.2. The lowest BCUT2D eigenvalue weighted by atomic mass is 10.2. The van der Waals surface area contributed by atoms with Crippen LogP contribution >= 0.6 is 0 Å². The fourth-order valence-electron chi connectivity index (χ4n) is 1.16. The number of aromatic nitrogens is 1. The normalized spacial score (nSPS) is 9.93. The van der Waals surface area contributed by atoms with Crippen molar-refractivity contribution in [2.75, 3.05) is 6.61 Å². The van der Waals surface area contributed by atoms with E-state index in [1.54, 1.807) is 19.2 Å². The summed E-state index contributed by atoms with van der Waals surface area (Å²) in [7, 11) is 0. The van der Waals surface area contributed by atoms with E-state index in [4.69, 9.17) is 9.84 Å². The first-order chi connectivity index (χ1) is 7.13. The number of nitrogens with one attached hydrogen (secondary N) is 1.